The van der Waals surface area contributed by atoms with E-state index < -0.39 is 5.97 Å². The smallest absolute Gasteiger partial charge is 0.336 e. The van der Waals surface area contributed by atoms with E-state index in [0.29, 0.717) is 10.6 Å². The number of carboxylic acids is 1. The number of benzene rings is 2. The van der Waals surface area contributed by atoms with Crippen molar-refractivity contribution in [2.24, 2.45) is 0 Å². The van der Waals surface area contributed by atoms with Crippen molar-refractivity contribution in [2.45, 2.75) is 27.7 Å². The number of halogens is 1. The lowest BCUT2D eigenvalue weighted by Gasteiger charge is -2.17. The highest BCUT2D eigenvalue weighted by Crippen LogP contribution is 2.35. The van der Waals surface area contributed by atoms with Crippen LogP contribution in [0.5, 0.6) is 0 Å². The van der Waals surface area contributed by atoms with Crippen molar-refractivity contribution in [2.75, 3.05) is 0 Å². The fourth-order valence-corrected chi connectivity index (χ4v) is 2.70. The van der Waals surface area contributed by atoms with Crippen LogP contribution in [0.25, 0.3) is 11.1 Å². The minimum atomic E-state index is -0.936. The number of hydrogen-bond acceptors (Lipinski definition) is 1. The van der Waals surface area contributed by atoms with E-state index in [2.05, 4.69) is 6.07 Å². The molecule has 0 radical (unpaired) electrons. The maximum atomic E-state index is 11.5. The molecule has 20 heavy (non-hydrogen) atoms. The maximum absolute atomic E-state index is 11.5. The SMILES string of the molecule is Cc1cc(C)c(C)c(-c2cc(Cl)ccc2C(=O)O)c1C. The molecule has 0 saturated carbocycles. The van der Waals surface area contributed by atoms with Gasteiger partial charge in [0.25, 0.3) is 0 Å². The molecule has 0 saturated heterocycles. The molecule has 0 aliphatic rings. The lowest BCUT2D eigenvalue weighted by atomic mass is 9.87. The Balaban J connectivity index is 2.88. The van der Waals surface area contributed by atoms with Crippen molar-refractivity contribution in [1.82, 2.24) is 0 Å². The monoisotopic (exact) mass is 288 g/mol. The number of rotatable bonds is 2. The molecule has 0 fully saturated rings. The van der Waals surface area contributed by atoms with Gasteiger partial charge in [0.1, 0.15) is 0 Å². The van der Waals surface area contributed by atoms with Crippen molar-refractivity contribution in [3.05, 3.63) is 57.1 Å². The Morgan fingerprint density at radius 3 is 2.05 bits per heavy atom. The average molecular weight is 289 g/mol. The highest BCUT2D eigenvalue weighted by atomic mass is 35.5. The summed E-state index contributed by atoms with van der Waals surface area (Å²) >= 11 is 6.06. The quantitative estimate of drug-likeness (QED) is 0.850. The van der Waals surface area contributed by atoms with Crippen LogP contribution in [0.15, 0.2) is 24.3 Å². The standard InChI is InChI=1S/C17H17ClO2/c1-9-7-10(2)12(4)16(11(9)3)15-8-13(18)5-6-14(15)17(19)20/h5-8H,1-4H3,(H,19,20). The largest absolute Gasteiger partial charge is 0.478 e. The Labute approximate surface area is 124 Å². The van der Waals surface area contributed by atoms with Crippen molar-refractivity contribution >= 4 is 17.6 Å². The van der Waals surface area contributed by atoms with E-state index in [-0.39, 0.29) is 5.56 Å². The van der Waals surface area contributed by atoms with Crippen LogP contribution in [0.3, 0.4) is 0 Å². The van der Waals surface area contributed by atoms with Gasteiger partial charge < -0.3 is 5.11 Å². The molecule has 0 amide bonds. The fourth-order valence-electron chi connectivity index (χ4n) is 2.53. The van der Waals surface area contributed by atoms with Crippen LogP contribution >= 0.6 is 11.6 Å². The van der Waals surface area contributed by atoms with Crippen LogP contribution < -0.4 is 0 Å². The van der Waals surface area contributed by atoms with Gasteiger partial charge in [-0.15, -0.1) is 0 Å². The molecular formula is C17H17ClO2. The van der Waals surface area contributed by atoms with Crippen LogP contribution in [0.1, 0.15) is 32.6 Å². The van der Waals surface area contributed by atoms with E-state index in [4.69, 9.17) is 11.6 Å². The van der Waals surface area contributed by atoms with Gasteiger partial charge in [-0.1, -0.05) is 17.7 Å². The minimum absolute atomic E-state index is 0.283. The van der Waals surface area contributed by atoms with Gasteiger partial charge in [-0.2, -0.15) is 0 Å². The second kappa shape index (κ2) is 5.29. The minimum Gasteiger partial charge on any atom is -0.478 e. The first kappa shape index (κ1) is 14.6. The molecule has 2 aromatic rings. The molecule has 0 aliphatic carbocycles. The normalized spacial score (nSPS) is 10.7. The van der Waals surface area contributed by atoms with Crippen molar-refractivity contribution in [3.63, 3.8) is 0 Å². The summed E-state index contributed by atoms with van der Waals surface area (Å²) in [6, 6.07) is 7.04. The number of hydrogen-bond donors (Lipinski definition) is 1. The van der Waals surface area contributed by atoms with E-state index >= 15 is 0 Å². The molecule has 0 atom stereocenters. The Morgan fingerprint density at radius 2 is 1.55 bits per heavy atom. The summed E-state index contributed by atoms with van der Waals surface area (Å²) in [6.45, 7) is 8.11. The van der Waals surface area contributed by atoms with Gasteiger partial charge in [0, 0.05) is 5.02 Å². The Morgan fingerprint density at radius 1 is 1.00 bits per heavy atom. The zero-order valence-electron chi connectivity index (χ0n) is 12.0. The lowest BCUT2D eigenvalue weighted by Crippen LogP contribution is -2.03. The van der Waals surface area contributed by atoms with Crippen molar-refractivity contribution < 1.29 is 9.90 Å². The second-order valence-corrected chi connectivity index (χ2v) is 5.57. The number of carbonyl (C=O) groups is 1. The molecule has 2 rings (SSSR count). The Bertz CT molecular complexity index is 676. The molecule has 3 heteroatoms. The maximum Gasteiger partial charge on any atom is 0.336 e. The first-order chi connectivity index (χ1) is 9.32. The summed E-state index contributed by atoms with van der Waals surface area (Å²) in [5.41, 5.74) is 6.44. The third-order valence-electron chi connectivity index (χ3n) is 3.85. The van der Waals surface area contributed by atoms with E-state index in [9.17, 15) is 9.90 Å². The zero-order valence-corrected chi connectivity index (χ0v) is 12.8. The summed E-state index contributed by atoms with van der Waals surface area (Å²) in [6.07, 6.45) is 0. The molecule has 0 aromatic heterocycles. The predicted molar refractivity (Wildman–Crippen MR) is 82.8 cm³/mol. The van der Waals surface area contributed by atoms with Gasteiger partial charge in [0.05, 0.1) is 5.56 Å². The van der Waals surface area contributed by atoms with Crippen LogP contribution in [0.2, 0.25) is 5.02 Å². The third-order valence-corrected chi connectivity index (χ3v) is 4.08. The van der Waals surface area contributed by atoms with Crippen molar-refractivity contribution in [3.8, 4) is 11.1 Å². The molecule has 0 aliphatic heterocycles. The molecule has 104 valence electrons. The molecule has 0 spiro atoms. The fraction of sp³-hybridized carbons (Fsp3) is 0.235. The highest BCUT2D eigenvalue weighted by molar-refractivity contribution is 6.31. The van der Waals surface area contributed by atoms with Gasteiger partial charge in [0.2, 0.25) is 0 Å². The predicted octanol–water partition coefficient (Wildman–Crippen LogP) is 4.94. The Kier molecular flexibility index (Phi) is 3.87. The van der Waals surface area contributed by atoms with Crippen LogP contribution in [-0.2, 0) is 0 Å². The molecule has 1 N–H and O–H groups in total. The molecule has 0 bridgehead atoms. The zero-order chi connectivity index (χ0) is 15.0. The Hall–Kier alpha value is -1.80. The van der Waals surface area contributed by atoms with Gasteiger partial charge in [-0.05, 0) is 79.3 Å². The summed E-state index contributed by atoms with van der Waals surface area (Å²) in [5.74, 6) is -0.936. The van der Waals surface area contributed by atoms with Crippen molar-refractivity contribution in [1.29, 1.82) is 0 Å². The topological polar surface area (TPSA) is 37.3 Å². The number of aryl methyl sites for hydroxylation is 2. The second-order valence-electron chi connectivity index (χ2n) is 5.13. The van der Waals surface area contributed by atoms with Gasteiger partial charge >= 0.3 is 5.97 Å². The summed E-state index contributed by atoms with van der Waals surface area (Å²) < 4.78 is 0. The molecule has 2 nitrogen and oxygen atoms in total. The van der Waals surface area contributed by atoms with Crippen LogP contribution in [0.4, 0.5) is 0 Å². The van der Waals surface area contributed by atoms with E-state index in [1.165, 1.54) is 0 Å². The van der Waals surface area contributed by atoms with Gasteiger partial charge in [-0.25, -0.2) is 4.79 Å². The lowest BCUT2D eigenvalue weighted by molar-refractivity contribution is 0.0698. The van der Waals surface area contributed by atoms with E-state index in [1.54, 1.807) is 18.2 Å². The van der Waals surface area contributed by atoms with Gasteiger partial charge in [-0.3, -0.25) is 0 Å². The average Bonchev–Trinajstić information content (AvgIpc) is 2.36. The number of carboxylic acid groups (broad SMARTS) is 1. The summed E-state index contributed by atoms with van der Waals surface area (Å²) in [4.78, 5) is 11.5. The summed E-state index contributed by atoms with van der Waals surface area (Å²) in [5, 5.41) is 9.94. The highest BCUT2D eigenvalue weighted by Gasteiger charge is 2.17. The first-order valence-corrected chi connectivity index (χ1v) is 6.81. The molecule has 0 unspecified atom stereocenters. The van der Waals surface area contributed by atoms with E-state index in [0.717, 1.165) is 27.8 Å². The van der Waals surface area contributed by atoms with Gasteiger partial charge in [0.15, 0.2) is 0 Å². The van der Waals surface area contributed by atoms with Crippen LogP contribution in [-0.4, -0.2) is 11.1 Å². The van der Waals surface area contributed by atoms with E-state index in [1.807, 2.05) is 27.7 Å². The summed E-state index contributed by atoms with van der Waals surface area (Å²) in [7, 11) is 0. The van der Waals surface area contributed by atoms with Crippen LogP contribution in [0, 0.1) is 27.7 Å². The molecule has 2 aromatic carbocycles. The first-order valence-electron chi connectivity index (χ1n) is 6.43. The third kappa shape index (κ3) is 2.44. The molecular weight excluding hydrogens is 272 g/mol. The number of aromatic carboxylic acids is 1. The molecule has 0 heterocycles.